The number of nitrogens with zero attached hydrogens (tertiary/aromatic N) is 5. The fraction of sp³-hybridized carbons (Fsp3) is 0.429. The normalized spacial score (nSPS) is 15.8. The maximum atomic E-state index is 12.8. The largest absolute Gasteiger partial charge is 0.339 e. The van der Waals surface area contributed by atoms with Crippen molar-refractivity contribution in [3.8, 4) is 17.1 Å². The summed E-state index contributed by atoms with van der Waals surface area (Å²) in [5, 5.41) is 9.83. The molecule has 4 rings (SSSR count). The summed E-state index contributed by atoms with van der Waals surface area (Å²) in [6.07, 6.45) is 3.74. The molecule has 1 fully saturated rings. The summed E-state index contributed by atoms with van der Waals surface area (Å²) in [4.78, 5) is 28.9. The highest BCUT2D eigenvalue weighted by atomic mass is 32.2. The number of aromatic nitrogens is 3. The van der Waals surface area contributed by atoms with E-state index in [2.05, 4.69) is 26.9 Å². The van der Waals surface area contributed by atoms with Crippen LogP contribution in [0.5, 0.6) is 0 Å². The van der Waals surface area contributed by atoms with Gasteiger partial charge in [0.05, 0.1) is 0 Å². The Bertz CT molecular complexity index is 1140. The Hall–Kier alpha value is -3.13. The Labute approximate surface area is 217 Å². The topological polar surface area (TPSA) is 71.3 Å². The third kappa shape index (κ3) is 6.35. The van der Waals surface area contributed by atoms with Gasteiger partial charge in [0.15, 0.2) is 11.0 Å². The molecule has 2 heterocycles. The summed E-state index contributed by atoms with van der Waals surface area (Å²) in [5.74, 6) is 2.08. The average Bonchev–Trinajstić information content (AvgIpc) is 3.33. The van der Waals surface area contributed by atoms with E-state index in [4.69, 9.17) is 0 Å². The lowest BCUT2D eigenvalue weighted by molar-refractivity contribution is -0.142. The van der Waals surface area contributed by atoms with E-state index in [1.54, 1.807) is 11.8 Å². The zero-order valence-electron chi connectivity index (χ0n) is 21.2. The zero-order chi connectivity index (χ0) is 25.3. The number of carbonyl (C=O) groups is 2. The Balaban J connectivity index is 1.29. The Kier molecular flexibility index (Phi) is 9.17. The van der Waals surface area contributed by atoms with E-state index in [0.29, 0.717) is 32.5 Å². The van der Waals surface area contributed by atoms with Crippen molar-refractivity contribution >= 4 is 23.6 Å². The summed E-state index contributed by atoms with van der Waals surface area (Å²) >= 11 is 1.67. The first-order valence-electron chi connectivity index (χ1n) is 12.8. The summed E-state index contributed by atoms with van der Waals surface area (Å²) in [6.45, 7) is 5.96. The van der Waals surface area contributed by atoms with Gasteiger partial charge >= 0.3 is 0 Å². The molecule has 2 amide bonds. The van der Waals surface area contributed by atoms with Crippen molar-refractivity contribution in [2.75, 3.05) is 25.4 Å². The zero-order valence-corrected chi connectivity index (χ0v) is 22.0. The minimum Gasteiger partial charge on any atom is -0.339 e. The number of para-hydroxylation sites is 1. The number of carbonyl (C=O) groups excluding carboxylic acids is 2. The predicted molar refractivity (Wildman–Crippen MR) is 144 cm³/mol. The molecule has 0 saturated carbocycles. The fourth-order valence-electron chi connectivity index (χ4n) is 4.56. The van der Waals surface area contributed by atoms with Gasteiger partial charge in [-0.1, -0.05) is 67.2 Å². The fourth-order valence-corrected chi connectivity index (χ4v) is 5.51. The Morgan fingerprint density at radius 1 is 0.917 bits per heavy atom. The molecule has 7 nitrogen and oxygen atoms in total. The summed E-state index contributed by atoms with van der Waals surface area (Å²) in [6, 6.07) is 20.4. The highest BCUT2D eigenvalue weighted by molar-refractivity contribution is 7.99. The molecule has 1 atom stereocenters. The number of rotatable bonds is 10. The molecule has 1 saturated heterocycles. The van der Waals surface area contributed by atoms with Gasteiger partial charge in [-0.2, -0.15) is 0 Å². The lowest BCUT2D eigenvalue weighted by Crippen LogP contribution is -2.55. The van der Waals surface area contributed by atoms with Crippen molar-refractivity contribution in [2.24, 2.45) is 0 Å². The Morgan fingerprint density at radius 3 is 2.33 bits per heavy atom. The van der Waals surface area contributed by atoms with Crippen LogP contribution in [0.15, 0.2) is 65.8 Å². The number of amides is 2. The average molecular weight is 506 g/mol. The van der Waals surface area contributed by atoms with Crippen molar-refractivity contribution in [3.05, 3.63) is 60.7 Å². The molecule has 0 N–H and O–H groups in total. The molecular weight excluding hydrogens is 470 g/mol. The highest BCUT2D eigenvalue weighted by Gasteiger charge is 2.28. The van der Waals surface area contributed by atoms with Crippen LogP contribution >= 0.6 is 11.8 Å². The second-order valence-electron chi connectivity index (χ2n) is 9.17. The molecule has 1 aliphatic rings. The van der Waals surface area contributed by atoms with Gasteiger partial charge in [-0.3, -0.25) is 14.2 Å². The molecule has 2 aromatic carbocycles. The van der Waals surface area contributed by atoms with Gasteiger partial charge in [0.1, 0.15) is 0 Å². The minimum atomic E-state index is 0.0838. The van der Waals surface area contributed by atoms with Gasteiger partial charge in [-0.25, -0.2) is 0 Å². The van der Waals surface area contributed by atoms with E-state index in [1.165, 1.54) is 0 Å². The second kappa shape index (κ2) is 12.7. The molecule has 3 aromatic rings. The molecule has 190 valence electrons. The van der Waals surface area contributed by atoms with Gasteiger partial charge in [0.25, 0.3) is 0 Å². The maximum Gasteiger partial charge on any atom is 0.222 e. The van der Waals surface area contributed by atoms with Crippen LogP contribution in [0, 0.1) is 0 Å². The predicted octanol–water partition coefficient (Wildman–Crippen LogP) is 5.06. The van der Waals surface area contributed by atoms with Crippen LogP contribution in [0.3, 0.4) is 0 Å². The van der Waals surface area contributed by atoms with Crippen molar-refractivity contribution in [2.45, 2.75) is 57.1 Å². The third-order valence-electron chi connectivity index (χ3n) is 6.46. The third-order valence-corrected chi connectivity index (χ3v) is 7.48. The molecule has 8 heteroatoms. The minimum absolute atomic E-state index is 0.0838. The molecular formula is C28H35N5O2S. The van der Waals surface area contributed by atoms with Gasteiger partial charge < -0.3 is 9.80 Å². The Morgan fingerprint density at radius 2 is 1.64 bits per heavy atom. The quantitative estimate of drug-likeness (QED) is 0.285. The summed E-state index contributed by atoms with van der Waals surface area (Å²) < 4.78 is 2.10. The lowest BCUT2D eigenvalue weighted by atomic mass is 10.1. The number of hydrogen-bond acceptors (Lipinski definition) is 5. The first-order chi connectivity index (χ1) is 17.6. The van der Waals surface area contributed by atoms with Crippen LogP contribution in [0.25, 0.3) is 17.1 Å². The summed E-state index contributed by atoms with van der Waals surface area (Å²) in [7, 11) is 0. The lowest BCUT2D eigenvalue weighted by Gasteiger charge is -2.40. The van der Waals surface area contributed by atoms with Crippen LogP contribution in [0.1, 0.15) is 46.0 Å². The number of benzene rings is 2. The first kappa shape index (κ1) is 25.9. The van der Waals surface area contributed by atoms with Crippen LogP contribution in [-0.4, -0.2) is 67.8 Å². The maximum absolute atomic E-state index is 12.8. The van der Waals surface area contributed by atoms with E-state index in [-0.39, 0.29) is 17.9 Å². The number of hydrogen-bond donors (Lipinski definition) is 0. The van der Waals surface area contributed by atoms with Gasteiger partial charge in [0.2, 0.25) is 11.8 Å². The van der Waals surface area contributed by atoms with E-state index in [0.717, 1.165) is 47.2 Å². The molecule has 0 bridgehead atoms. The molecule has 1 aliphatic heterocycles. The second-order valence-corrected chi connectivity index (χ2v) is 10.2. The van der Waals surface area contributed by atoms with Crippen molar-refractivity contribution in [1.29, 1.82) is 0 Å². The van der Waals surface area contributed by atoms with Crippen LogP contribution in [0.4, 0.5) is 0 Å². The summed E-state index contributed by atoms with van der Waals surface area (Å²) in [5.41, 5.74) is 2.06. The van der Waals surface area contributed by atoms with Crippen molar-refractivity contribution in [3.63, 3.8) is 0 Å². The van der Waals surface area contributed by atoms with Gasteiger partial charge in [-0.15, -0.1) is 10.2 Å². The number of piperazine rings is 1. The van der Waals surface area contributed by atoms with E-state index >= 15 is 0 Å². The van der Waals surface area contributed by atoms with E-state index < -0.39 is 0 Å². The molecule has 1 unspecified atom stereocenters. The van der Waals surface area contributed by atoms with E-state index in [1.807, 2.05) is 72.2 Å². The van der Waals surface area contributed by atoms with Crippen LogP contribution < -0.4 is 0 Å². The molecule has 36 heavy (non-hydrogen) atoms. The molecule has 0 aliphatic carbocycles. The monoisotopic (exact) mass is 505 g/mol. The van der Waals surface area contributed by atoms with E-state index in [9.17, 15) is 9.59 Å². The van der Waals surface area contributed by atoms with Gasteiger partial charge in [0, 0.05) is 55.5 Å². The number of thioether (sulfide) groups is 1. The molecule has 0 radical (unpaired) electrons. The van der Waals surface area contributed by atoms with Gasteiger partial charge in [-0.05, 0) is 38.3 Å². The molecule has 1 aromatic heterocycles. The van der Waals surface area contributed by atoms with Crippen molar-refractivity contribution in [1.82, 2.24) is 24.6 Å². The molecule has 0 spiro atoms. The standard InChI is InChI=1S/C28H35N5O2S/c1-3-12-26(35)32-19-18-31(21-22(32)2)25(34)17-10-11-20-36-28-30-29-27(23-13-6-4-7-14-23)33(28)24-15-8-5-9-16-24/h4-9,13-16,22H,3,10-12,17-21H2,1-2H3. The van der Waals surface area contributed by atoms with Crippen molar-refractivity contribution < 1.29 is 9.59 Å². The first-order valence-corrected chi connectivity index (χ1v) is 13.8. The van der Waals surface area contributed by atoms with Crippen LogP contribution in [0.2, 0.25) is 0 Å². The van der Waals surface area contributed by atoms with Crippen LogP contribution in [-0.2, 0) is 9.59 Å². The SMILES string of the molecule is CCCC(=O)N1CCN(C(=O)CCCCSc2nnc(-c3ccccc3)n2-c2ccccc2)CC1C. The highest BCUT2D eigenvalue weighted by Crippen LogP contribution is 2.28. The smallest absolute Gasteiger partial charge is 0.222 e. The number of unbranched alkanes of at least 4 members (excludes halogenated alkanes) is 1.